The zero-order valence-electron chi connectivity index (χ0n) is 19.3. The van der Waals surface area contributed by atoms with Gasteiger partial charge in [0, 0.05) is 37.7 Å². The van der Waals surface area contributed by atoms with E-state index in [1.165, 1.54) is 69.2 Å². The van der Waals surface area contributed by atoms with E-state index < -0.39 is 0 Å². The molecule has 32 heavy (non-hydrogen) atoms. The van der Waals surface area contributed by atoms with Crippen LogP contribution in [0.4, 0.5) is 10.8 Å². The van der Waals surface area contributed by atoms with Crippen LogP contribution in [0.1, 0.15) is 61.9 Å². The standard InChI is InChI=1S/C26H36N4OS/c1-29(23-14-8-5-9-15-23)26-28-24(20-32-26)25(31)27-17-22-13-10-16-30(19-22)18-21-11-6-3-2-4-7-12-21/h5,8-9,11,14-15,20,22H,2-4,6-7,10,12-13,16-19H2,1H3,(H,27,31)/b21-11+. The molecule has 1 N–H and O–H groups in total. The topological polar surface area (TPSA) is 48.5 Å². The minimum atomic E-state index is -0.0613. The number of carbonyl (C=O) groups excluding carboxylic acids is 1. The molecule has 5 nitrogen and oxygen atoms in total. The van der Waals surface area contributed by atoms with Gasteiger partial charge in [0.05, 0.1) is 0 Å². The van der Waals surface area contributed by atoms with Crippen molar-refractivity contribution in [2.45, 2.75) is 51.4 Å². The summed E-state index contributed by atoms with van der Waals surface area (Å²) in [6.07, 6.45) is 12.9. The molecular formula is C26H36N4OS. The minimum absolute atomic E-state index is 0.0613. The van der Waals surface area contributed by atoms with E-state index in [2.05, 4.69) is 21.3 Å². The molecule has 1 saturated heterocycles. The summed E-state index contributed by atoms with van der Waals surface area (Å²) in [6, 6.07) is 10.1. The molecule has 0 saturated carbocycles. The Morgan fingerprint density at radius 2 is 2.03 bits per heavy atom. The quantitative estimate of drug-likeness (QED) is 0.553. The Bertz CT molecular complexity index is 894. The first-order chi connectivity index (χ1) is 15.7. The number of likely N-dealkylation sites (tertiary alicyclic amines) is 1. The number of rotatable bonds is 7. The van der Waals surface area contributed by atoms with Gasteiger partial charge < -0.3 is 10.2 Å². The molecule has 172 valence electrons. The average molecular weight is 453 g/mol. The molecule has 6 heteroatoms. The molecule has 1 aliphatic carbocycles. The van der Waals surface area contributed by atoms with E-state index in [0.717, 1.165) is 30.5 Å². The van der Waals surface area contributed by atoms with Crippen LogP contribution in [0.3, 0.4) is 0 Å². The number of piperidine rings is 1. The van der Waals surface area contributed by atoms with E-state index in [1.54, 1.807) is 5.57 Å². The van der Waals surface area contributed by atoms with Gasteiger partial charge in [-0.15, -0.1) is 11.3 Å². The number of aromatic nitrogens is 1. The van der Waals surface area contributed by atoms with Crippen LogP contribution in [-0.2, 0) is 0 Å². The number of amides is 1. The number of nitrogens with zero attached hydrogens (tertiary/aromatic N) is 3. The number of thiazole rings is 1. The molecule has 1 aromatic carbocycles. The lowest BCUT2D eigenvalue weighted by Crippen LogP contribution is -2.41. The number of benzene rings is 1. The predicted octanol–water partition coefficient (Wildman–Crippen LogP) is 5.63. The lowest BCUT2D eigenvalue weighted by atomic mass is 9.95. The van der Waals surface area contributed by atoms with Crippen LogP contribution in [0, 0.1) is 5.92 Å². The van der Waals surface area contributed by atoms with E-state index in [9.17, 15) is 4.79 Å². The zero-order chi connectivity index (χ0) is 22.2. The van der Waals surface area contributed by atoms with Crippen molar-refractivity contribution in [3.63, 3.8) is 0 Å². The molecule has 4 rings (SSSR count). The zero-order valence-corrected chi connectivity index (χ0v) is 20.1. The van der Waals surface area contributed by atoms with Crippen LogP contribution in [0.5, 0.6) is 0 Å². The predicted molar refractivity (Wildman–Crippen MR) is 134 cm³/mol. The van der Waals surface area contributed by atoms with Gasteiger partial charge in [0.2, 0.25) is 0 Å². The lowest BCUT2D eigenvalue weighted by molar-refractivity contribution is 0.0930. The van der Waals surface area contributed by atoms with E-state index in [0.29, 0.717) is 11.6 Å². The van der Waals surface area contributed by atoms with Gasteiger partial charge in [-0.2, -0.15) is 0 Å². The summed E-state index contributed by atoms with van der Waals surface area (Å²) < 4.78 is 0. The highest BCUT2D eigenvalue weighted by molar-refractivity contribution is 7.14. The first-order valence-corrected chi connectivity index (χ1v) is 13.0. The molecule has 1 unspecified atom stereocenters. The fourth-order valence-electron chi connectivity index (χ4n) is 4.76. The molecule has 0 spiro atoms. The van der Waals surface area contributed by atoms with Crippen molar-refractivity contribution in [3.8, 4) is 0 Å². The molecule has 1 aromatic heterocycles. The number of para-hydroxylation sites is 1. The number of allylic oxidation sites excluding steroid dienone is 1. The SMILES string of the molecule is CN(c1ccccc1)c1nc(C(=O)NCC2CCCN(C/C3=C/CCCCCC3)C2)cs1. The Kier molecular flexibility index (Phi) is 8.35. The molecule has 1 amide bonds. The highest BCUT2D eigenvalue weighted by Gasteiger charge is 2.22. The van der Waals surface area contributed by atoms with Crippen molar-refractivity contribution in [1.29, 1.82) is 0 Å². The highest BCUT2D eigenvalue weighted by atomic mass is 32.1. The Labute approximate surface area is 196 Å². The van der Waals surface area contributed by atoms with E-state index in [1.807, 2.05) is 47.7 Å². The van der Waals surface area contributed by atoms with E-state index in [4.69, 9.17) is 0 Å². The molecule has 2 aliphatic rings. The number of hydrogen-bond acceptors (Lipinski definition) is 5. The normalized spacial score (nSPS) is 21.8. The first-order valence-electron chi connectivity index (χ1n) is 12.1. The molecule has 1 aliphatic heterocycles. The van der Waals surface area contributed by atoms with Gasteiger partial charge in [0.15, 0.2) is 5.13 Å². The summed E-state index contributed by atoms with van der Waals surface area (Å²) >= 11 is 1.50. The summed E-state index contributed by atoms with van der Waals surface area (Å²) in [5, 5.41) is 5.84. The Morgan fingerprint density at radius 3 is 2.91 bits per heavy atom. The van der Waals surface area contributed by atoms with Crippen molar-refractivity contribution in [1.82, 2.24) is 15.2 Å². The van der Waals surface area contributed by atoms with Gasteiger partial charge in [0.1, 0.15) is 5.69 Å². The monoisotopic (exact) mass is 452 g/mol. The van der Waals surface area contributed by atoms with Crippen molar-refractivity contribution in [3.05, 3.63) is 53.1 Å². The van der Waals surface area contributed by atoms with Gasteiger partial charge in [0.25, 0.3) is 5.91 Å². The second-order valence-corrected chi connectivity index (χ2v) is 10.0. The molecule has 1 fully saturated rings. The summed E-state index contributed by atoms with van der Waals surface area (Å²) in [7, 11) is 1.98. The third-order valence-electron chi connectivity index (χ3n) is 6.62. The summed E-state index contributed by atoms with van der Waals surface area (Å²) in [4.78, 5) is 21.9. The van der Waals surface area contributed by atoms with Gasteiger partial charge in [-0.05, 0) is 63.1 Å². The molecule has 1 atom stereocenters. The van der Waals surface area contributed by atoms with Crippen LogP contribution in [0.2, 0.25) is 0 Å². The molecule has 0 bridgehead atoms. The average Bonchev–Trinajstić information content (AvgIpc) is 3.30. The first kappa shape index (κ1) is 23.0. The maximum Gasteiger partial charge on any atom is 0.270 e. The molecule has 2 aromatic rings. The second kappa shape index (κ2) is 11.6. The van der Waals surface area contributed by atoms with Crippen molar-refractivity contribution in [2.24, 2.45) is 5.92 Å². The number of carbonyl (C=O) groups is 1. The smallest absolute Gasteiger partial charge is 0.270 e. The van der Waals surface area contributed by atoms with Crippen LogP contribution < -0.4 is 10.2 Å². The number of anilines is 2. The highest BCUT2D eigenvalue weighted by Crippen LogP contribution is 2.27. The van der Waals surface area contributed by atoms with Gasteiger partial charge in [-0.3, -0.25) is 9.69 Å². The number of hydrogen-bond donors (Lipinski definition) is 1. The molecule has 0 radical (unpaired) electrons. The second-order valence-electron chi connectivity index (χ2n) is 9.18. The summed E-state index contributed by atoms with van der Waals surface area (Å²) in [5.41, 5.74) is 3.21. The van der Waals surface area contributed by atoms with Crippen molar-refractivity contribution < 1.29 is 4.79 Å². The van der Waals surface area contributed by atoms with Crippen molar-refractivity contribution in [2.75, 3.05) is 38.1 Å². The third kappa shape index (κ3) is 6.42. The van der Waals surface area contributed by atoms with Crippen molar-refractivity contribution >= 4 is 28.1 Å². The fraction of sp³-hybridized carbons (Fsp3) is 0.538. The Hall–Kier alpha value is -2.18. The maximum absolute atomic E-state index is 12.7. The van der Waals surface area contributed by atoms with Gasteiger partial charge in [-0.1, -0.05) is 42.7 Å². The minimum Gasteiger partial charge on any atom is -0.350 e. The Balaban J connectivity index is 1.26. The van der Waals surface area contributed by atoms with Crippen LogP contribution in [0.25, 0.3) is 0 Å². The molecule has 2 heterocycles. The lowest BCUT2D eigenvalue weighted by Gasteiger charge is -2.33. The van der Waals surface area contributed by atoms with Crippen LogP contribution >= 0.6 is 11.3 Å². The van der Waals surface area contributed by atoms with Crippen LogP contribution in [-0.4, -0.2) is 49.0 Å². The largest absolute Gasteiger partial charge is 0.350 e. The van der Waals surface area contributed by atoms with Gasteiger partial charge >= 0.3 is 0 Å². The fourth-order valence-corrected chi connectivity index (χ4v) is 5.55. The van der Waals surface area contributed by atoms with Gasteiger partial charge in [-0.25, -0.2) is 4.98 Å². The number of nitrogens with one attached hydrogen (secondary N) is 1. The molecular weight excluding hydrogens is 416 g/mol. The maximum atomic E-state index is 12.7. The third-order valence-corrected chi connectivity index (χ3v) is 7.54. The Morgan fingerprint density at radius 1 is 1.19 bits per heavy atom. The van der Waals surface area contributed by atoms with E-state index >= 15 is 0 Å². The summed E-state index contributed by atoms with van der Waals surface area (Å²) in [6.45, 7) is 4.11. The van der Waals surface area contributed by atoms with E-state index in [-0.39, 0.29) is 5.91 Å². The summed E-state index contributed by atoms with van der Waals surface area (Å²) in [5.74, 6) is 0.459. The van der Waals surface area contributed by atoms with Crippen LogP contribution in [0.15, 0.2) is 47.4 Å².